The van der Waals surface area contributed by atoms with Crippen molar-refractivity contribution in [2.75, 3.05) is 5.32 Å². The summed E-state index contributed by atoms with van der Waals surface area (Å²) in [6, 6.07) is 18.9. The number of fused-ring (bicyclic) bond motifs is 1. The van der Waals surface area contributed by atoms with Crippen LogP contribution in [0.15, 0.2) is 60.7 Å². The molecule has 4 aromatic rings. The Morgan fingerprint density at radius 2 is 1.69 bits per heavy atom. The van der Waals surface area contributed by atoms with E-state index in [-0.39, 0.29) is 5.91 Å². The predicted molar refractivity (Wildman–Crippen MR) is 117 cm³/mol. The topological polar surface area (TPSA) is 59.8 Å². The Bertz CT molecular complexity index is 1200. The van der Waals surface area contributed by atoms with Gasteiger partial charge in [-0.1, -0.05) is 43.6 Å². The number of aryl methyl sites for hydroxylation is 1. The third-order valence-corrected chi connectivity index (χ3v) is 5.27. The molecule has 0 unspecified atom stereocenters. The number of nitrogens with zero attached hydrogens (tertiary/aromatic N) is 3. The normalized spacial score (nSPS) is 11.2. The van der Waals surface area contributed by atoms with E-state index in [4.69, 9.17) is 11.6 Å². The van der Waals surface area contributed by atoms with Gasteiger partial charge in [0.2, 0.25) is 0 Å². The molecule has 0 aliphatic rings. The van der Waals surface area contributed by atoms with Crippen LogP contribution in [0.1, 0.15) is 41.3 Å². The monoisotopic (exact) mass is 404 g/mol. The molecule has 1 amide bonds. The van der Waals surface area contributed by atoms with Crippen LogP contribution >= 0.6 is 11.6 Å². The fraction of sp³-hybridized carbons (Fsp3) is 0.174. The SMILES string of the molecule is Cc1ccc(C(=O)Nc2ccc3nn(-c4ccc(C(C)C)cc4)nc3c2)cc1Cl. The van der Waals surface area contributed by atoms with E-state index < -0.39 is 0 Å². The first-order chi connectivity index (χ1) is 13.9. The molecule has 0 aliphatic heterocycles. The van der Waals surface area contributed by atoms with E-state index in [0.29, 0.717) is 27.7 Å². The lowest BCUT2D eigenvalue weighted by molar-refractivity contribution is 0.102. The number of benzene rings is 3. The highest BCUT2D eigenvalue weighted by Gasteiger charge is 2.11. The first kappa shape index (κ1) is 19.2. The average Bonchev–Trinajstić information content (AvgIpc) is 3.13. The second kappa shape index (κ2) is 7.68. The number of hydrogen-bond donors (Lipinski definition) is 1. The van der Waals surface area contributed by atoms with Crippen LogP contribution in [-0.2, 0) is 0 Å². The minimum absolute atomic E-state index is 0.220. The summed E-state index contributed by atoms with van der Waals surface area (Å²) in [5.41, 5.74) is 5.72. The van der Waals surface area contributed by atoms with E-state index >= 15 is 0 Å². The van der Waals surface area contributed by atoms with Crippen molar-refractivity contribution in [1.29, 1.82) is 0 Å². The van der Waals surface area contributed by atoms with Crippen LogP contribution < -0.4 is 5.32 Å². The number of carbonyl (C=O) groups excluding carboxylic acids is 1. The van der Waals surface area contributed by atoms with E-state index in [0.717, 1.165) is 16.8 Å². The zero-order valence-electron chi connectivity index (χ0n) is 16.5. The Morgan fingerprint density at radius 1 is 0.966 bits per heavy atom. The number of amides is 1. The highest BCUT2D eigenvalue weighted by atomic mass is 35.5. The molecule has 0 saturated carbocycles. The third kappa shape index (κ3) is 4.00. The molecule has 29 heavy (non-hydrogen) atoms. The van der Waals surface area contributed by atoms with Crippen LogP contribution in [0.2, 0.25) is 5.02 Å². The quantitative estimate of drug-likeness (QED) is 0.470. The first-order valence-corrected chi connectivity index (χ1v) is 9.83. The van der Waals surface area contributed by atoms with Crippen molar-refractivity contribution in [2.24, 2.45) is 0 Å². The maximum absolute atomic E-state index is 12.5. The molecule has 3 aromatic carbocycles. The molecule has 146 valence electrons. The summed E-state index contributed by atoms with van der Waals surface area (Å²) in [6.07, 6.45) is 0. The second-order valence-corrected chi connectivity index (χ2v) is 7.76. The Kier molecular flexibility index (Phi) is 5.07. The summed E-state index contributed by atoms with van der Waals surface area (Å²) in [5.74, 6) is 0.256. The van der Waals surface area contributed by atoms with Gasteiger partial charge >= 0.3 is 0 Å². The van der Waals surface area contributed by atoms with Crippen molar-refractivity contribution >= 4 is 34.2 Å². The molecule has 0 bridgehead atoms. The van der Waals surface area contributed by atoms with Crippen molar-refractivity contribution in [3.63, 3.8) is 0 Å². The zero-order valence-corrected chi connectivity index (χ0v) is 17.2. The molecular formula is C23H21ClN4O. The summed E-state index contributed by atoms with van der Waals surface area (Å²) in [7, 11) is 0. The van der Waals surface area contributed by atoms with Gasteiger partial charge in [0.1, 0.15) is 11.0 Å². The minimum Gasteiger partial charge on any atom is -0.322 e. The highest BCUT2D eigenvalue weighted by Crippen LogP contribution is 2.21. The molecule has 0 radical (unpaired) electrons. The van der Waals surface area contributed by atoms with E-state index in [9.17, 15) is 4.79 Å². The minimum atomic E-state index is -0.220. The van der Waals surface area contributed by atoms with Crippen molar-refractivity contribution in [1.82, 2.24) is 15.0 Å². The Balaban J connectivity index is 1.58. The number of carbonyl (C=O) groups is 1. The fourth-order valence-corrected chi connectivity index (χ4v) is 3.22. The molecule has 0 saturated heterocycles. The summed E-state index contributed by atoms with van der Waals surface area (Å²) in [6.45, 7) is 6.23. The molecule has 1 aromatic heterocycles. The van der Waals surface area contributed by atoms with E-state index in [1.807, 2.05) is 43.3 Å². The Hall–Kier alpha value is -3.18. The van der Waals surface area contributed by atoms with E-state index in [1.165, 1.54) is 5.56 Å². The number of anilines is 1. The molecule has 5 nitrogen and oxygen atoms in total. The smallest absolute Gasteiger partial charge is 0.255 e. The van der Waals surface area contributed by atoms with E-state index in [1.54, 1.807) is 16.9 Å². The summed E-state index contributed by atoms with van der Waals surface area (Å²) in [5, 5.41) is 12.6. The van der Waals surface area contributed by atoms with Gasteiger partial charge in [-0.25, -0.2) is 0 Å². The number of nitrogens with one attached hydrogen (secondary N) is 1. The molecule has 6 heteroatoms. The van der Waals surface area contributed by atoms with Gasteiger partial charge < -0.3 is 5.32 Å². The molecule has 0 aliphatic carbocycles. The summed E-state index contributed by atoms with van der Waals surface area (Å²) in [4.78, 5) is 14.1. The Labute approximate surface area is 174 Å². The fourth-order valence-electron chi connectivity index (χ4n) is 3.04. The van der Waals surface area contributed by atoms with Crippen LogP contribution in [0, 0.1) is 6.92 Å². The molecule has 4 rings (SSSR count). The van der Waals surface area contributed by atoms with Gasteiger partial charge in [0, 0.05) is 16.3 Å². The van der Waals surface area contributed by atoms with Gasteiger partial charge in [0.25, 0.3) is 5.91 Å². The van der Waals surface area contributed by atoms with Gasteiger partial charge in [-0.15, -0.1) is 10.2 Å². The number of aromatic nitrogens is 3. The van der Waals surface area contributed by atoms with Gasteiger partial charge in [-0.05, 0) is 66.4 Å². The van der Waals surface area contributed by atoms with Gasteiger partial charge in [-0.3, -0.25) is 4.79 Å². The molecule has 0 fully saturated rings. The van der Waals surface area contributed by atoms with Crippen molar-refractivity contribution < 1.29 is 4.79 Å². The second-order valence-electron chi connectivity index (χ2n) is 7.36. The molecular weight excluding hydrogens is 384 g/mol. The first-order valence-electron chi connectivity index (χ1n) is 9.45. The predicted octanol–water partition coefficient (Wildman–Crippen LogP) is 5.76. The van der Waals surface area contributed by atoms with Crippen molar-refractivity contribution in [2.45, 2.75) is 26.7 Å². The Morgan fingerprint density at radius 3 is 2.38 bits per heavy atom. The largest absolute Gasteiger partial charge is 0.322 e. The standard InChI is InChI=1S/C23H21ClN4O/c1-14(2)16-6-9-19(10-7-16)28-26-21-11-8-18(13-22(21)27-28)25-23(29)17-5-4-15(3)20(24)12-17/h4-14H,1-3H3,(H,25,29). The van der Waals surface area contributed by atoms with Crippen LogP contribution in [0.4, 0.5) is 5.69 Å². The van der Waals surface area contributed by atoms with Crippen LogP contribution in [-0.4, -0.2) is 20.9 Å². The van der Waals surface area contributed by atoms with E-state index in [2.05, 4.69) is 41.5 Å². The van der Waals surface area contributed by atoms with Crippen LogP contribution in [0.3, 0.4) is 0 Å². The molecule has 0 spiro atoms. The number of hydrogen-bond acceptors (Lipinski definition) is 3. The van der Waals surface area contributed by atoms with Crippen LogP contribution in [0.5, 0.6) is 0 Å². The lowest BCUT2D eigenvalue weighted by Gasteiger charge is -2.06. The van der Waals surface area contributed by atoms with Gasteiger partial charge in [-0.2, -0.15) is 4.80 Å². The van der Waals surface area contributed by atoms with Gasteiger partial charge in [0.15, 0.2) is 0 Å². The summed E-state index contributed by atoms with van der Waals surface area (Å²) >= 11 is 6.13. The van der Waals surface area contributed by atoms with Gasteiger partial charge in [0.05, 0.1) is 5.69 Å². The molecule has 0 atom stereocenters. The number of halogens is 1. The molecule has 1 N–H and O–H groups in total. The number of rotatable bonds is 4. The zero-order chi connectivity index (χ0) is 20.5. The third-order valence-electron chi connectivity index (χ3n) is 4.86. The van der Waals surface area contributed by atoms with Crippen molar-refractivity contribution in [3.05, 3.63) is 82.4 Å². The highest BCUT2D eigenvalue weighted by molar-refractivity contribution is 6.31. The maximum Gasteiger partial charge on any atom is 0.255 e. The maximum atomic E-state index is 12.5. The molecule has 1 heterocycles. The average molecular weight is 405 g/mol. The lowest BCUT2D eigenvalue weighted by Crippen LogP contribution is -2.11. The summed E-state index contributed by atoms with van der Waals surface area (Å²) < 4.78 is 0. The lowest BCUT2D eigenvalue weighted by atomic mass is 10.0. The van der Waals surface area contributed by atoms with Crippen LogP contribution in [0.25, 0.3) is 16.7 Å². The van der Waals surface area contributed by atoms with Crippen molar-refractivity contribution in [3.8, 4) is 5.69 Å².